The van der Waals surface area contributed by atoms with Crippen molar-refractivity contribution >= 4 is 11.5 Å². The van der Waals surface area contributed by atoms with E-state index in [-0.39, 0.29) is 0 Å². The average molecular weight is 222 g/mol. The minimum absolute atomic E-state index is 0.751. The van der Waals surface area contributed by atoms with Crippen molar-refractivity contribution in [2.75, 3.05) is 37.2 Å². The van der Waals surface area contributed by atoms with Gasteiger partial charge >= 0.3 is 0 Å². The highest BCUT2D eigenvalue weighted by Crippen LogP contribution is 2.07. The van der Waals surface area contributed by atoms with Crippen molar-refractivity contribution in [2.24, 2.45) is 0 Å². The van der Waals surface area contributed by atoms with E-state index in [2.05, 4.69) is 29.0 Å². The molecule has 0 amide bonds. The van der Waals surface area contributed by atoms with Gasteiger partial charge in [-0.25, -0.2) is 4.98 Å². The van der Waals surface area contributed by atoms with E-state index in [1.54, 1.807) is 12.3 Å². The standard InChI is InChI=1S/C12H22N4/c1-3-16(4-2)9-5-7-14-12-10-11(13)6-8-15-12/h6,8,10H,3-5,7,9H2,1-2H3,(H3,13,14,15). The molecule has 1 aromatic rings. The van der Waals surface area contributed by atoms with Crippen LogP contribution in [0.4, 0.5) is 11.5 Å². The SMILES string of the molecule is CCN(CC)CCCNc1cc(N)ccn1. The molecule has 0 saturated heterocycles. The van der Waals surface area contributed by atoms with Crippen LogP contribution < -0.4 is 11.1 Å². The predicted octanol–water partition coefficient (Wildman–Crippen LogP) is 1.81. The lowest BCUT2D eigenvalue weighted by atomic mass is 10.3. The van der Waals surface area contributed by atoms with Crippen LogP contribution in [0.2, 0.25) is 0 Å². The van der Waals surface area contributed by atoms with Crippen LogP contribution in [0.1, 0.15) is 20.3 Å². The molecule has 1 rings (SSSR count). The summed E-state index contributed by atoms with van der Waals surface area (Å²) in [6.07, 6.45) is 2.85. The molecule has 0 aliphatic heterocycles. The second-order valence-corrected chi connectivity index (χ2v) is 3.78. The van der Waals surface area contributed by atoms with Crippen LogP contribution in [0.5, 0.6) is 0 Å². The Balaban J connectivity index is 2.20. The molecule has 0 unspecified atom stereocenters. The van der Waals surface area contributed by atoms with Crippen LogP contribution in [-0.4, -0.2) is 36.1 Å². The van der Waals surface area contributed by atoms with Gasteiger partial charge in [0.05, 0.1) is 0 Å². The van der Waals surface area contributed by atoms with Gasteiger partial charge in [0.1, 0.15) is 5.82 Å². The van der Waals surface area contributed by atoms with Crippen LogP contribution in [0.15, 0.2) is 18.3 Å². The molecule has 1 heterocycles. The van der Waals surface area contributed by atoms with Gasteiger partial charge < -0.3 is 16.0 Å². The molecule has 0 atom stereocenters. The quantitative estimate of drug-likeness (QED) is 0.691. The number of hydrogen-bond acceptors (Lipinski definition) is 4. The Morgan fingerprint density at radius 2 is 2.12 bits per heavy atom. The lowest BCUT2D eigenvalue weighted by Crippen LogP contribution is -2.25. The van der Waals surface area contributed by atoms with Crippen molar-refractivity contribution < 1.29 is 0 Å². The number of rotatable bonds is 7. The highest BCUT2D eigenvalue weighted by atomic mass is 15.1. The van der Waals surface area contributed by atoms with Crippen molar-refractivity contribution in [3.63, 3.8) is 0 Å². The molecule has 0 aromatic carbocycles. The Hall–Kier alpha value is -1.29. The third-order valence-electron chi connectivity index (χ3n) is 2.64. The Kier molecular flexibility index (Phi) is 5.64. The van der Waals surface area contributed by atoms with Gasteiger partial charge in [-0.3, -0.25) is 0 Å². The highest BCUT2D eigenvalue weighted by Gasteiger charge is 1.98. The predicted molar refractivity (Wildman–Crippen MR) is 69.5 cm³/mol. The van der Waals surface area contributed by atoms with Crippen LogP contribution in [0, 0.1) is 0 Å². The fraction of sp³-hybridized carbons (Fsp3) is 0.583. The second kappa shape index (κ2) is 7.06. The van der Waals surface area contributed by atoms with Gasteiger partial charge in [-0.05, 0) is 32.1 Å². The lowest BCUT2D eigenvalue weighted by Gasteiger charge is -2.17. The Morgan fingerprint density at radius 1 is 1.38 bits per heavy atom. The van der Waals surface area contributed by atoms with Crippen molar-refractivity contribution in [3.8, 4) is 0 Å². The summed E-state index contributed by atoms with van der Waals surface area (Å²) in [5.41, 5.74) is 6.42. The molecular formula is C12H22N4. The van der Waals surface area contributed by atoms with E-state index in [1.807, 2.05) is 6.07 Å². The topological polar surface area (TPSA) is 54.2 Å². The number of nitrogen functional groups attached to an aromatic ring is 1. The first-order valence-corrected chi connectivity index (χ1v) is 5.94. The van der Waals surface area contributed by atoms with Gasteiger partial charge in [-0.1, -0.05) is 13.8 Å². The first kappa shape index (κ1) is 12.8. The number of nitrogens with one attached hydrogen (secondary N) is 1. The van der Waals surface area contributed by atoms with E-state index in [9.17, 15) is 0 Å². The number of hydrogen-bond donors (Lipinski definition) is 2. The summed E-state index contributed by atoms with van der Waals surface area (Å²) in [5.74, 6) is 0.861. The molecule has 0 spiro atoms. The minimum atomic E-state index is 0.751. The molecule has 0 aliphatic rings. The summed E-state index contributed by atoms with van der Waals surface area (Å²) < 4.78 is 0. The van der Waals surface area contributed by atoms with Crippen LogP contribution in [0.25, 0.3) is 0 Å². The zero-order valence-electron chi connectivity index (χ0n) is 10.2. The molecule has 3 N–H and O–H groups in total. The molecule has 4 heteroatoms. The molecule has 1 aromatic heterocycles. The summed E-state index contributed by atoms with van der Waals surface area (Å²) >= 11 is 0. The van der Waals surface area contributed by atoms with E-state index < -0.39 is 0 Å². The summed E-state index contributed by atoms with van der Waals surface area (Å²) in [6.45, 7) is 8.68. The number of anilines is 2. The monoisotopic (exact) mass is 222 g/mol. The fourth-order valence-corrected chi connectivity index (χ4v) is 1.60. The van der Waals surface area contributed by atoms with Gasteiger partial charge in [-0.15, -0.1) is 0 Å². The van der Waals surface area contributed by atoms with Crippen LogP contribution in [0.3, 0.4) is 0 Å². The van der Waals surface area contributed by atoms with Gasteiger partial charge in [0, 0.05) is 24.5 Å². The van der Waals surface area contributed by atoms with Crippen molar-refractivity contribution in [2.45, 2.75) is 20.3 Å². The highest BCUT2D eigenvalue weighted by molar-refractivity contribution is 5.48. The van der Waals surface area contributed by atoms with E-state index in [0.29, 0.717) is 0 Å². The first-order chi connectivity index (χ1) is 7.76. The molecule has 0 fully saturated rings. The maximum absolute atomic E-state index is 5.67. The maximum atomic E-state index is 5.67. The number of aromatic nitrogens is 1. The van der Waals surface area contributed by atoms with E-state index >= 15 is 0 Å². The van der Waals surface area contributed by atoms with Gasteiger partial charge in [0.15, 0.2) is 0 Å². The average Bonchev–Trinajstić information content (AvgIpc) is 2.29. The van der Waals surface area contributed by atoms with E-state index in [4.69, 9.17) is 5.73 Å². The molecule has 90 valence electrons. The van der Waals surface area contributed by atoms with Crippen molar-refractivity contribution in [3.05, 3.63) is 18.3 Å². The summed E-state index contributed by atoms with van der Waals surface area (Å²) in [4.78, 5) is 6.60. The summed E-state index contributed by atoms with van der Waals surface area (Å²) in [7, 11) is 0. The van der Waals surface area contributed by atoms with Gasteiger partial charge in [0.2, 0.25) is 0 Å². The van der Waals surface area contributed by atoms with Crippen LogP contribution in [-0.2, 0) is 0 Å². The lowest BCUT2D eigenvalue weighted by molar-refractivity contribution is 0.303. The zero-order valence-corrected chi connectivity index (χ0v) is 10.2. The summed E-state index contributed by atoms with van der Waals surface area (Å²) in [5, 5.41) is 3.27. The van der Waals surface area contributed by atoms with Crippen molar-refractivity contribution in [1.29, 1.82) is 0 Å². The fourth-order valence-electron chi connectivity index (χ4n) is 1.60. The molecule has 0 bridgehead atoms. The number of nitrogens with two attached hydrogens (primary N) is 1. The third kappa shape index (κ3) is 4.49. The normalized spacial score (nSPS) is 10.7. The molecule has 0 radical (unpaired) electrons. The second-order valence-electron chi connectivity index (χ2n) is 3.78. The smallest absolute Gasteiger partial charge is 0.127 e. The number of nitrogens with zero attached hydrogens (tertiary/aromatic N) is 2. The molecule has 0 saturated carbocycles. The maximum Gasteiger partial charge on any atom is 0.127 e. The Labute approximate surface area is 97.9 Å². The molecule has 0 aliphatic carbocycles. The van der Waals surface area contributed by atoms with Crippen molar-refractivity contribution in [1.82, 2.24) is 9.88 Å². The van der Waals surface area contributed by atoms with Gasteiger partial charge in [-0.2, -0.15) is 0 Å². The third-order valence-corrected chi connectivity index (χ3v) is 2.64. The van der Waals surface area contributed by atoms with E-state index in [1.165, 1.54) is 0 Å². The summed E-state index contributed by atoms with van der Waals surface area (Å²) in [6, 6.07) is 3.65. The Bertz CT molecular complexity index is 297. The molecule has 16 heavy (non-hydrogen) atoms. The van der Waals surface area contributed by atoms with Crippen LogP contribution >= 0.6 is 0 Å². The zero-order chi connectivity index (χ0) is 11.8. The Morgan fingerprint density at radius 3 is 2.75 bits per heavy atom. The minimum Gasteiger partial charge on any atom is -0.399 e. The number of pyridine rings is 1. The molecule has 4 nitrogen and oxygen atoms in total. The van der Waals surface area contributed by atoms with Gasteiger partial charge in [0.25, 0.3) is 0 Å². The molecular weight excluding hydrogens is 200 g/mol. The van der Waals surface area contributed by atoms with E-state index in [0.717, 1.165) is 44.1 Å². The first-order valence-electron chi connectivity index (χ1n) is 5.94. The largest absolute Gasteiger partial charge is 0.399 e.